The molecule has 1 aliphatic rings. The van der Waals surface area contributed by atoms with E-state index in [1.165, 1.54) is 12.1 Å². The van der Waals surface area contributed by atoms with Crippen molar-refractivity contribution in [2.45, 2.75) is 31.8 Å². The molecule has 1 heterocycles. The summed E-state index contributed by atoms with van der Waals surface area (Å²) in [6.07, 6.45) is -0.228. The predicted octanol–water partition coefficient (Wildman–Crippen LogP) is 5.05. The van der Waals surface area contributed by atoms with Gasteiger partial charge < -0.3 is 14.7 Å². The number of benzene rings is 3. The molecule has 3 aromatic carbocycles. The minimum absolute atomic E-state index is 0.170. The van der Waals surface area contributed by atoms with Crippen LogP contribution in [0, 0.1) is 5.82 Å². The van der Waals surface area contributed by atoms with Crippen LogP contribution in [0.3, 0.4) is 0 Å². The maximum Gasteiger partial charge on any atom is 0.145 e. The van der Waals surface area contributed by atoms with E-state index in [1.54, 1.807) is 6.07 Å². The Labute approximate surface area is 204 Å². The van der Waals surface area contributed by atoms with E-state index in [4.69, 9.17) is 21.2 Å². The van der Waals surface area contributed by atoms with Gasteiger partial charge in [0.05, 0.1) is 25.0 Å². The molecule has 0 bridgehead atoms. The zero-order valence-corrected chi connectivity index (χ0v) is 19.6. The van der Waals surface area contributed by atoms with Gasteiger partial charge in [-0.05, 0) is 41.0 Å². The third-order valence-corrected chi connectivity index (χ3v) is 5.81. The quantitative estimate of drug-likeness (QED) is 0.415. The summed E-state index contributed by atoms with van der Waals surface area (Å²) < 4.78 is 19.4. The number of halogens is 2. The van der Waals surface area contributed by atoms with Crippen molar-refractivity contribution in [1.82, 2.24) is 4.90 Å². The number of aliphatic hydroxyl groups excluding tert-OH is 1. The summed E-state index contributed by atoms with van der Waals surface area (Å²) in [5, 5.41) is 15.6. The molecular weight excluding hydrogens is 455 g/mol. The molecule has 4 rings (SSSR count). The SMILES string of the molecule is OC(COCc1ccccc1)CN(Cc1cccc(F)c1)CC1CC(c2ccc(Cl)cc2)=NO1. The fourth-order valence-corrected chi connectivity index (χ4v) is 4.09. The average molecular weight is 483 g/mol. The highest BCUT2D eigenvalue weighted by molar-refractivity contribution is 6.30. The van der Waals surface area contributed by atoms with Gasteiger partial charge in [0.15, 0.2) is 0 Å². The maximum atomic E-state index is 13.7. The Balaban J connectivity index is 1.34. The summed E-state index contributed by atoms with van der Waals surface area (Å²) in [5.74, 6) is -0.283. The zero-order valence-electron chi connectivity index (χ0n) is 18.8. The van der Waals surface area contributed by atoms with Crippen molar-refractivity contribution in [2.75, 3.05) is 19.7 Å². The molecule has 0 saturated heterocycles. The van der Waals surface area contributed by atoms with Crippen molar-refractivity contribution in [3.05, 3.63) is 106 Å². The van der Waals surface area contributed by atoms with Crippen LogP contribution < -0.4 is 0 Å². The van der Waals surface area contributed by atoms with Crippen molar-refractivity contribution >= 4 is 17.3 Å². The average Bonchev–Trinajstić information content (AvgIpc) is 3.28. The summed E-state index contributed by atoms with van der Waals surface area (Å²) in [4.78, 5) is 7.74. The van der Waals surface area contributed by atoms with Gasteiger partial charge in [0, 0.05) is 31.1 Å². The van der Waals surface area contributed by atoms with Crippen LogP contribution in [0.1, 0.15) is 23.1 Å². The van der Waals surface area contributed by atoms with Crippen LogP contribution in [0.5, 0.6) is 0 Å². The standard InChI is InChI=1S/C27H28ClFN2O3/c28-23-11-9-22(10-12-23)27-14-26(34-30-27)17-31(15-21-7-4-8-24(29)13-21)16-25(32)19-33-18-20-5-2-1-3-6-20/h1-13,25-26,32H,14-19H2. The highest BCUT2D eigenvalue weighted by Gasteiger charge is 2.26. The number of ether oxygens (including phenoxy) is 1. The molecule has 34 heavy (non-hydrogen) atoms. The first kappa shape index (κ1) is 24.4. The summed E-state index contributed by atoms with van der Waals surface area (Å²) in [6, 6.07) is 23.8. The maximum absolute atomic E-state index is 13.7. The van der Waals surface area contributed by atoms with Crippen LogP contribution in [0.2, 0.25) is 5.02 Å². The summed E-state index contributed by atoms with van der Waals surface area (Å²) in [7, 11) is 0. The van der Waals surface area contributed by atoms with E-state index < -0.39 is 6.10 Å². The Morgan fingerprint density at radius 2 is 1.82 bits per heavy atom. The van der Waals surface area contributed by atoms with Gasteiger partial charge in [0.25, 0.3) is 0 Å². The van der Waals surface area contributed by atoms with Crippen molar-refractivity contribution in [3.63, 3.8) is 0 Å². The molecule has 1 aliphatic heterocycles. The van der Waals surface area contributed by atoms with Crippen LogP contribution >= 0.6 is 11.6 Å². The molecule has 0 aromatic heterocycles. The fourth-order valence-electron chi connectivity index (χ4n) is 3.96. The Hall–Kier alpha value is -2.77. The molecule has 2 unspecified atom stereocenters. The lowest BCUT2D eigenvalue weighted by atomic mass is 10.0. The van der Waals surface area contributed by atoms with Crippen molar-refractivity contribution in [2.24, 2.45) is 5.16 Å². The number of nitrogens with zero attached hydrogens (tertiary/aromatic N) is 2. The number of aliphatic hydroxyl groups is 1. The van der Waals surface area contributed by atoms with Crippen LogP contribution in [0.15, 0.2) is 84.0 Å². The third-order valence-electron chi connectivity index (χ3n) is 5.56. The number of hydrogen-bond acceptors (Lipinski definition) is 5. The Kier molecular flexibility index (Phi) is 8.66. The van der Waals surface area contributed by atoms with Crippen molar-refractivity contribution < 1.29 is 19.1 Å². The first-order chi connectivity index (χ1) is 16.5. The van der Waals surface area contributed by atoms with Crippen molar-refractivity contribution in [1.29, 1.82) is 0 Å². The van der Waals surface area contributed by atoms with E-state index in [0.29, 0.717) is 37.7 Å². The molecule has 7 heteroatoms. The molecule has 0 spiro atoms. The van der Waals surface area contributed by atoms with Gasteiger partial charge in [-0.3, -0.25) is 4.90 Å². The third kappa shape index (κ3) is 7.37. The highest BCUT2D eigenvalue weighted by atomic mass is 35.5. The van der Waals surface area contributed by atoms with E-state index in [1.807, 2.05) is 60.7 Å². The zero-order chi connectivity index (χ0) is 23.8. The molecule has 0 saturated carbocycles. The molecule has 0 aliphatic carbocycles. The van der Waals surface area contributed by atoms with Gasteiger partial charge in [-0.25, -0.2) is 4.39 Å². The van der Waals surface area contributed by atoms with E-state index in [-0.39, 0.29) is 18.5 Å². The van der Waals surface area contributed by atoms with Gasteiger partial charge >= 0.3 is 0 Å². The number of hydrogen-bond donors (Lipinski definition) is 1. The minimum atomic E-state index is -0.699. The van der Waals surface area contributed by atoms with Crippen LogP contribution in [-0.4, -0.2) is 47.6 Å². The lowest BCUT2D eigenvalue weighted by molar-refractivity contribution is -0.00650. The summed E-state index contributed by atoms with van der Waals surface area (Å²) in [6.45, 7) is 2.01. The Bertz CT molecular complexity index is 1080. The Morgan fingerprint density at radius 1 is 1.06 bits per heavy atom. The second kappa shape index (κ2) is 12.1. The van der Waals surface area contributed by atoms with Gasteiger partial charge in [-0.1, -0.05) is 71.4 Å². The normalized spacial score (nSPS) is 16.4. The second-order valence-corrected chi connectivity index (χ2v) is 8.89. The molecular formula is C27H28ClFN2O3. The van der Waals surface area contributed by atoms with E-state index >= 15 is 0 Å². The molecule has 0 amide bonds. The molecule has 0 radical (unpaired) electrons. The molecule has 1 N–H and O–H groups in total. The van der Waals surface area contributed by atoms with Crippen LogP contribution in [0.4, 0.5) is 4.39 Å². The van der Waals surface area contributed by atoms with E-state index in [0.717, 1.165) is 22.4 Å². The van der Waals surface area contributed by atoms with Gasteiger partial charge in [-0.15, -0.1) is 0 Å². The molecule has 3 aromatic rings. The minimum Gasteiger partial charge on any atom is -0.390 e. The second-order valence-electron chi connectivity index (χ2n) is 8.45. The molecule has 2 atom stereocenters. The molecule has 178 valence electrons. The largest absolute Gasteiger partial charge is 0.390 e. The van der Waals surface area contributed by atoms with E-state index in [9.17, 15) is 9.50 Å². The molecule has 5 nitrogen and oxygen atoms in total. The summed E-state index contributed by atoms with van der Waals surface area (Å²) >= 11 is 5.98. The number of rotatable bonds is 11. The monoisotopic (exact) mass is 482 g/mol. The van der Waals surface area contributed by atoms with Gasteiger partial charge in [0.1, 0.15) is 11.9 Å². The Morgan fingerprint density at radius 3 is 2.59 bits per heavy atom. The lowest BCUT2D eigenvalue weighted by Crippen LogP contribution is -2.39. The van der Waals surface area contributed by atoms with Crippen LogP contribution in [0.25, 0.3) is 0 Å². The first-order valence-electron chi connectivity index (χ1n) is 11.3. The molecule has 0 fully saturated rings. The van der Waals surface area contributed by atoms with Crippen LogP contribution in [-0.2, 0) is 22.7 Å². The van der Waals surface area contributed by atoms with Gasteiger partial charge in [-0.2, -0.15) is 0 Å². The smallest absolute Gasteiger partial charge is 0.145 e. The highest BCUT2D eigenvalue weighted by Crippen LogP contribution is 2.20. The van der Waals surface area contributed by atoms with Crippen molar-refractivity contribution in [3.8, 4) is 0 Å². The predicted molar refractivity (Wildman–Crippen MR) is 131 cm³/mol. The number of oxime groups is 1. The topological polar surface area (TPSA) is 54.3 Å². The summed E-state index contributed by atoms with van der Waals surface area (Å²) in [5.41, 5.74) is 3.71. The lowest BCUT2D eigenvalue weighted by Gasteiger charge is -2.27. The first-order valence-corrected chi connectivity index (χ1v) is 11.7. The van der Waals surface area contributed by atoms with E-state index in [2.05, 4.69) is 10.1 Å². The van der Waals surface area contributed by atoms with Gasteiger partial charge in [0.2, 0.25) is 0 Å². The fraction of sp³-hybridized carbons (Fsp3) is 0.296.